The third kappa shape index (κ3) is 3.25. The first-order valence-corrected chi connectivity index (χ1v) is 6.52. The fourth-order valence-corrected chi connectivity index (χ4v) is 1.79. The highest BCUT2D eigenvalue weighted by molar-refractivity contribution is 5.36. The average molecular weight is 256 g/mol. The number of nitrogens with two attached hydrogens (primary N) is 1. The van der Waals surface area contributed by atoms with Crippen LogP contribution in [0.25, 0.3) is 0 Å². The molecule has 0 atom stereocenters. The summed E-state index contributed by atoms with van der Waals surface area (Å²) in [5.41, 5.74) is 7.12. The Morgan fingerprint density at radius 2 is 1.79 bits per heavy atom. The van der Waals surface area contributed by atoms with Crippen LogP contribution in [0.15, 0.2) is 42.5 Å². The summed E-state index contributed by atoms with van der Waals surface area (Å²) < 4.78 is 5.67. The van der Waals surface area contributed by atoms with Gasteiger partial charge in [0.25, 0.3) is 0 Å². The van der Waals surface area contributed by atoms with Crippen molar-refractivity contribution in [1.29, 1.82) is 0 Å². The van der Waals surface area contributed by atoms with Gasteiger partial charge in [0.15, 0.2) is 0 Å². The Balaban J connectivity index is 2.15. The monoisotopic (exact) mass is 256 g/mol. The van der Waals surface area contributed by atoms with Gasteiger partial charge in [-0.25, -0.2) is 0 Å². The second kappa shape index (κ2) is 5.31. The maximum absolute atomic E-state index is 5.67. The number of anilines is 1. The summed E-state index contributed by atoms with van der Waals surface area (Å²) in [7, 11) is 0. The van der Waals surface area contributed by atoms with E-state index in [4.69, 9.17) is 10.5 Å². The molecule has 2 aromatic rings. The van der Waals surface area contributed by atoms with Crippen molar-refractivity contribution in [3.8, 4) is 11.6 Å². The van der Waals surface area contributed by atoms with Gasteiger partial charge in [0, 0.05) is 6.07 Å². The highest BCUT2D eigenvalue weighted by atomic mass is 16.5. The first-order valence-electron chi connectivity index (χ1n) is 6.52. The third-order valence-corrected chi connectivity index (χ3v) is 3.49. The fraction of sp³-hybridized carbons (Fsp3) is 0.312. The van der Waals surface area contributed by atoms with Crippen molar-refractivity contribution < 1.29 is 4.74 Å². The molecule has 100 valence electrons. The van der Waals surface area contributed by atoms with Crippen LogP contribution in [0, 0.1) is 0 Å². The molecule has 2 N–H and O–H groups in total. The van der Waals surface area contributed by atoms with Gasteiger partial charge in [0.1, 0.15) is 11.6 Å². The molecule has 0 aliphatic rings. The van der Waals surface area contributed by atoms with Gasteiger partial charge >= 0.3 is 0 Å². The van der Waals surface area contributed by atoms with E-state index < -0.39 is 0 Å². The predicted molar refractivity (Wildman–Crippen MR) is 78.5 cm³/mol. The van der Waals surface area contributed by atoms with Crippen LogP contribution in [-0.4, -0.2) is 4.98 Å². The van der Waals surface area contributed by atoms with E-state index in [0.29, 0.717) is 11.7 Å². The minimum Gasteiger partial charge on any atom is -0.439 e. The number of hydrogen-bond acceptors (Lipinski definition) is 3. The number of aromatic nitrogens is 1. The molecular weight excluding hydrogens is 236 g/mol. The summed E-state index contributed by atoms with van der Waals surface area (Å²) in [6, 6.07) is 13.5. The number of rotatable bonds is 4. The molecule has 0 fully saturated rings. The Bertz CT molecular complexity index is 547. The third-order valence-electron chi connectivity index (χ3n) is 3.49. The molecule has 0 bridgehead atoms. The molecule has 3 heteroatoms. The lowest BCUT2D eigenvalue weighted by molar-refractivity contribution is 0.461. The quantitative estimate of drug-likeness (QED) is 0.894. The molecule has 0 saturated carbocycles. The van der Waals surface area contributed by atoms with E-state index in [1.165, 1.54) is 5.56 Å². The lowest BCUT2D eigenvalue weighted by Crippen LogP contribution is -2.14. The average Bonchev–Trinajstić information content (AvgIpc) is 2.39. The summed E-state index contributed by atoms with van der Waals surface area (Å²) in [5.74, 6) is 1.75. The highest BCUT2D eigenvalue weighted by Gasteiger charge is 2.17. The summed E-state index contributed by atoms with van der Waals surface area (Å²) in [6.07, 6.45) is 1.10. The van der Waals surface area contributed by atoms with E-state index >= 15 is 0 Å². The van der Waals surface area contributed by atoms with E-state index in [0.717, 1.165) is 12.2 Å². The van der Waals surface area contributed by atoms with Crippen molar-refractivity contribution in [2.45, 2.75) is 32.6 Å². The number of nitrogen functional groups attached to an aromatic ring is 1. The van der Waals surface area contributed by atoms with E-state index in [9.17, 15) is 0 Å². The summed E-state index contributed by atoms with van der Waals surface area (Å²) in [6.45, 7) is 6.67. The second-order valence-electron chi connectivity index (χ2n) is 5.26. The molecule has 2 rings (SSSR count). The minimum absolute atomic E-state index is 0.188. The standard InChI is InChI=1S/C16H20N2O/c1-4-16(2,3)12-8-10-13(11-9-12)19-15-7-5-6-14(17)18-15/h5-11H,4H2,1-3H3,(H2,17,18). The largest absolute Gasteiger partial charge is 0.439 e. The smallest absolute Gasteiger partial charge is 0.221 e. The van der Waals surface area contributed by atoms with Crippen LogP contribution < -0.4 is 10.5 Å². The zero-order valence-electron chi connectivity index (χ0n) is 11.7. The molecule has 3 nitrogen and oxygen atoms in total. The lowest BCUT2D eigenvalue weighted by atomic mass is 9.82. The first-order chi connectivity index (χ1) is 9.01. The number of hydrogen-bond donors (Lipinski definition) is 1. The summed E-state index contributed by atoms with van der Waals surface area (Å²) >= 11 is 0. The molecule has 0 saturated heterocycles. The van der Waals surface area contributed by atoms with E-state index in [1.807, 2.05) is 18.2 Å². The zero-order chi connectivity index (χ0) is 13.9. The van der Waals surface area contributed by atoms with Crippen LogP contribution in [0.5, 0.6) is 11.6 Å². The Labute approximate surface area is 114 Å². The van der Waals surface area contributed by atoms with Gasteiger partial charge in [-0.2, -0.15) is 4.98 Å². The number of benzene rings is 1. The maximum atomic E-state index is 5.67. The zero-order valence-corrected chi connectivity index (χ0v) is 11.7. The van der Waals surface area contributed by atoms with Crippen LogP contribution in [-0.2, 0) is 5.41 Å². The molecule has 1 aromatic heterocycles. The Morgan fingerprint density at radius 1 is 1.11 bits per heavy atom. The molecule has 1 heterocycles. The van der Waals surface area contributed by atoms with Gasteiger partial charge in [0.05, 0.1) is 0 Å². The molecule has 1 aromatic carbocycles. The topological polar surface area (TPSA) is 48.1 Å². The van der Waals surface area contributed by atoms with E-state index in [2.05, 4.69) is 37.9 Å². The molecule has 0 amide bonds. The van der Waals surface area contributed by atoms with Gasteiger partial charge in [-0.1, -0.05) is 39.0 Å². The van der Waals surface area contributed by atoms with Crippen LogP contribution in [0.4, 0.5) is 5.82 Å². The van der Waals surface area contributed by atoms with Gasteiger partial charge < -0.3 is 10.5 Å². The first kappa shape index (κ1) is 13.4. The molecule has 0 spiro atoms. The van der Waals surface area contributed by atoms with Crippen LogP contribution in [0.1, 0.15) is 32.8 Å². The maximum Gasteiger partial charge on any atom is 0.221 e. The number of ether oxygens (including phenoxy) is 1. The van der Waals surface area contributed by atoms with Gasteiger partial charge in [0.2, 0.25) is 5.88 Å². The van der Waals surface area contributed by atoms with Crippen molar-refractivity contribution in [3.05, 3.63) is 48.0 Å². The molecule has 0 radical (unpaired) electrons. The van der Waals surface area contributed by atoms with Gasteiger partial charge in [-0.3, -0.25) is 0 Å². The molecule has 0 aliphatic heterocycles. The van der Waals surface area contributed by atoms with Crippen LogP contribution in [0.2, 0.25) is 0 Å². The molecule has 0 unspecified atom stereocenters. The van der Waals surface area contributed by atoms with Crippen molar-refractivity contribution >= 4 is 5.82 Å². The van der Waals surface area contributed by atoms with E-state index in [-0.39, 0.29) is 5.41 Å². The second-order valence-corrected chi connectivity index (χ2v) is 5.26. The van der Waals surface area contributed by atoms with Crippen molar-refractivity contribution in [1.82, 2.24) is 4.98 Å². The van der Waals surface area contributed by atoms with Crippen molar-refractivity contribution in [3.63, 3.8) is 0 Å². The SMILES string of the molecule is CCC(C)(C)c1ccc(Oc2cccc(N)n2)cc1. The summed E-state index contributed by atoms with van der Waals surface area (Å²) in [5, 5.41) is 0. The Hall–Kier alpha value is -2.03. The van der Waals surface area contributed by atoms with Crippen molar-refractivity contribution in [2.75, 3.05) is 5.73 Å². The van der Waals surface area contributed by atoms with Crippen LogP contribution in [0.3, 0.4) is 0 Å². The Kier molecular flexibility index (Phi) is 3.74. The minimum atomic E-state index is 0.188. The predicted octanol–water partition coefficient (Wildman–Crippen LogP) is 4.14. The van der Waals surface area contributed by atoms with Crippen molar-refractivity contribution in [2.24, 2.45) is 0 Å². The molecular formula is C16H20N2O. The number of nitrogens with zero attached hydrogens (tertiary/aromatic N) is 1. The lowest BCUT2D eigenvalue weighted by Gasteiger charge is -2.23. The van der Waals surface area contributed by atoms with E-state index in [1.54, 1.807) is 12.1 Å². The van der Waals surface area contributed by atoms with Gasteiger partial charge in [-0.15, -0.1) is 0 Å². The normalized spacial score (nSPS) is 11.3. The summed E-state index contributed by atoms with van der Waals surface area (Å²) in [4.78, 5) is 4.11. The highest BCUT2D eigenvalue weighted by Crippen LogP contribution is 2.29. The fourth-order valence-electron chi connectivity index (χ4n) is 1.79. The van der Waals surface area contributed by atoms with Gasteiger partial charge in [-0.05, 0) is 35.6 Å². The van der Waals surface area contributed by atoms with Crippen LogP contribution >= 0.6 is 0 Å². The molecule has 0 aliphatic carbocycles. The number of pyridine rings is 1. The molecule has 19 heavy (non-hydrogen) atoms. The Morgan fingerprint density at radius 3 is 2.37 bits per heavy atom.